The van der Waals surface area contributed by atoms with E-state index in [0.29, 0.717) is 0 Å². The molecule has 0 fully saturated rings. The minimum atomic E-state index is -0.770. The summed E-state index contributed by atoms with van der Waals surface area (Å²) in [5.74, 6) is -0.770. The quantitative estimate of drug-likeness (QED) is 0.767. The number of carboxylic acids is 1. The van der Waals surface area contributed by atoms with E-state index in [9.17, 15) is 4.79 Å². The van der Waals surface area contributed by atoms with Crippen LogP contribution in [0.1, 0.15) is 23.6 Å². The van der Waals surface area contributed by atoms with Gasteiger partial charge in [0.1, 0.15) is 0 Å². The lowest BCUT2D eigenvalue weighted by molar-refractivity contribution is -0.136. The maximum Gasteiger partial charge on any atom is 0.308 e. The van der Waals surface area contributed by atoms with Crippen molar-refractivity contribution in [2.75, 3.05) is 27.2 Å². The number of hydrogen-bond acceptors (Lipinski definition) is 4. The van der Waals surface area contributed by atoms with Crippen LogP contribution >= 0.6 is 11.3 Å². The molecule has 0 radical (unpaired) electrons. The Bertz CT molecular complexity index is 413. The molecule has 0 bridgehead atoms. The first-order chi connectivity index (χ1) is 8.78. The molecule has 19 heavy (non-hydrogen) atoms. The highest BCUT2D eigenvalue weighted by Gasteiger charge is 2.18. The summed E-state index contributed by atoms with van der Waals surface area (Å²) in [4.78, 5) is 14.9. The predicted octanol–water partition coefficient (Wildman–Crippen LogP) is 2.05. The van der Waals surface area contributed by atoms with Gasteiger partial charge in [-0.25, -0.2) is 0 Å². The van der Waals surface area contributed by atoms with E-state index >= 15 is 0 Å². The van der Waals surface area contributed by atoms with Crippen LogP contribution in [0.3, 0.4) is 0 Å². The van der Waals surface area contributed by atoms with Gasteiger partial charge in [-0.1, -0.05) is 13.8 Å². The topological polar surface area (TPSA) is 52.6 Å². The fourth-order valence-corrected chi connectivity index (χ4v) is 3.18. The first kappa shape index (κ1) is 16.1. The molecule has 0 atom stereocenters. The van der Waals surface area contributed by atoms with E-state index in [1.54, 1.807) is 11.3 Å². The van der Waals surface area contributed by atoms with Crippen molar-refractivity contribution in [1.82, 2.24) is 10.2 Å². The lowest BCUT2D eigenvalue weighted by atomic mass is 9.93. The molecule has 0 saturated heterocycles. The number of carbonyl (C=O) groups is 1. The van der Waals surface area contributed by atoms with Crippen LogP contribution in [-0.4, -0.2) is 43.2 Å². The Morgan fingerprint density at radius 1 is 1.37 bits per heavy atom. The smallest absolute Gasteiger partial charge is 0.308 e. The molecule has 4 nitrogen and oxygen atoms in total. The van der Waals surface area contributed by atoms with Gasteiger partial charge >= 0.3 is 5.97 Å². The molecule has 0 aliphatic carbocycles. The highest BCUT2D eigenvalue weighted by Crippen LogP contribution is 2.18. The van der Waals surface area contributed by atoms with Gasteiger partial charge in [-0.05, 0) is 31.6 Å². The molecule has 2 N–H and O–H groups in total. The average Bonchev–Trinajstić information content (AvgIpc) is 2.62. The second kappa shape index (κ2) is 7.03. The second-order valence-corrected chi connectivity index (χ2v) is 7.20. The van der Waals surface area contributed by atoms with Crippen LogP contribution < -0.4 is 5.32 Å². The summed E-state index contributed by atoms with van der Waals surface area (Å²) < 4.78 is 0. The van der Waals surface area contributed by atoms with Gasteiger partial charge < -0.3 is 15.3 Å². The predicted molar refractivity (Wildman–Crippen MR) is 79.7 cm³/mol. The zero-order chi connectivity index (χ0) is 14.5. The molecule has 0 amide bonds. The number of rotatable bonds is 8. The summed E-state index contributed by atoms with van der Waals surface area (Å²) in [5.41, 5.74) is 0.227. The van der Waals surface area contributed by atoms with Crippen molar-refractivity contribution in [2.45, 2.75) is 26.8 Å². The molecule has 0 spiro atoms. The number of thiophene rings is 1. The minimum Gasteiger partial charge on any atom is -0.481 e. The number of aliphatic carboxylic acids is 1. The van der Waals surface area contributed by atoms with Gasteiger partial charge in [-0.2, -0.15) is 0 Å². The van der Waals surface area contributed by atoms with Gasteiger partial charge in [-0.15, -0.1) is 11.3 Å². The summed E-state index contributed by atoms with van der Waals surface area (Å²) in [6.07, 6.45) is 0.122. The molecule has 1 aromatic rings. The highest BCUT2D eigenvalue weighted by molar-refractivity contribution is 7.12. The van der Waals surface area contributed by atoms with E-state index in [2.05, 4.69) is 38.2 Å². The number of nitrogens with one attached hydrogen (secondary N) is 1. The number of nitrogens with zero attached hydrogens (tertiary/aromatic N) is 1. The summed E-state index contributed by atoms with van der Waals surface area (Å²) in [6, 6.07) is 3.91. The third-order valence-electron chi connectivity index (χ3n) is 2.69. The second-order valence-electron chi connectivity index (χ2n) is 5.94. The fraction of sp³-hybridized carbons (Fsp3) is 0.643. The van der Waals surface area contributed by atoms with Crippen LogP contribution in [0, 0.1) is 5.41 Å². The molecule has 0 saturated carbocycles. The van der Waals surface area contributed by atoms with E-state index in [-0.39, 0.29) is 11.8 Å². The average molecular weight is 284 g/mol. The largest absolute Gasteiger partial charge is 0.481 e. The minimum absolute atomic E-state index is 0.122. The van der Waals surface area contributed by atoms with E-state index in [1.165, 1.54) is 4.88 Å². The molecule has 5 heteroatoms. The van der Waals surface area contributed by atoms with Crippen molar-refractivity contribution in [3.05, 3.63) is 21.9 Å². The monoisotopic (exact) mass is 284 g/mol. The van der Waals surface area contributed by atoms with Crippen molar-refractivity contribution in [1.29, 1.82) is 0 Å². The van der Waals surface area contributed by atoms with Crippen LogP contribution in [-0.2, 0) is 17.8 Å². The summed E-state index contributed by atoms with van der Waals surface area (Å²) in [5, 5.41) is 12.2. The van der Waals surface area contributed by atoms with Crippen molar-refractivity contribution in [2.24, 2.45) is 5.41 Å². The Labute approximate surface area is 119 Å². The Morgan fingerprint density at radius 2 is 2.00 bits per heavy atom. The van der Waals surface area contributed by atoms with E-state index < -0.39 is 5.97 Å². The van der Waals surface area contributed by atoms with Gasteiger partial charge in [0.15, 0.2) is 0 Å². The molecule has 1 heterocycles. The molecule has 0 aliphatic heterocycles. The molecule has 0 aliphatic rings. The van der Waals surface area contributed by atoms with Crippen LogP contribution in [0.4, 0.5) is 0 Å². The zero-order valence-corrected chi connectivity index (χ0v) is 13.0. The van der Waals surface area contributed by atoms with Crippen LogP contribution in [0.15, 0.2) is 12.1 Å². The van der Waals surface area contributed by atoms with Crippen molar-refractivity contribution >= 4 is 17.3 Å². The Balaban J connectivity index is 2.36. The number of hydrogen-bond donors (Lipinski definition) is 2. The van der Waals surface area contributed by atoms with Gasteiger partial charge in [-0.3, -0.25) is 4.79 Å². The number of carboxylic acid groups (broad SMARTS) is 1. The van der Waals surface area contributed by atoms with Gasteiger partial charge in [0.25, 0.3) is 0 Å². The van der Waals surface area contributed by atoms with Crippen molar-refractivity contribution in [3.63, 3.8) is 0 Å². The first-order valence-corrected chi connectivity index (χ1v) is 7.25. The van der Waals surface area contributed by atoms with Gasteiger partial charge in [0.05, 0.1) is 6.42 Å². The standard InChI is InChI=1S/C14H24N2O2S/c1-14(2,10-16(3)4)9-15-8-12-6-5-11(19-12)7-13(17)18/h5-6,15H,7-10H2,1-4H3,(H,17,18). The molecular formula is C14H24N2O2S. The van der Waals surface area contributed by atoms with Crippen LogP contribution in [0.2, 0.25) is 0 Å². The molecule has 108 valence electrons. The van der Waals surface area contributed by atoms with E-state index in [1.807, 2.05) is 12.1 Å². The van der Waals surface area contributed by atoms with Crippen molar-refractivity contribution in [3.8, 4) is 0 Å². The lowest BCUT2D eigenvalue weighted by Gasteiger charge is -2.28. The van der Waals surface area contributed by atoms with Crippen LogP contribution in [0.5, 0.6) is 0 Å². The third-order valence-corrected chi connectivity index (χ3v) is 3.78. The molecule has 1 aromatic heterocycles. The maximum absolute atomic E-state index is 10.6. The van der Waals surface area contributed by atoms with E-state index in [0.717, 1.165) is 24.5 Å². The van der Waals surface area contributed by atoms with Crippen LogP contribution in [0.25, 0.3) is 0 Å². The maximum atomic E-state index is 10.6. The Hall–Kier alpha value is -0.910. The lowest BCUT2D eigenvalue weighted by Crippen LogP contribution is -2.37. The summed E-state index contributed by atoms with van der Waals surface area (Å²) in [7, 11) is 4.17. The molecule has 0 unspecified atom stereocenters. The normalized spacial score (nSPS) is 12.1. The third kappa shape index (κ3) is 6.71. The zero-order valence-electron chi connectivity index (χ0n) is 12.2. The molecule has 0 aromatic carbocycles. The van der Waals surface area contributed by atoms with Gasteiger partial charge in [0, 0.05) is 29.4 Å². The molecule has 1 rings (SSSR count). The summed E-state index contributed by atoms with van der Waals surface area (Å²) in [6.45, 7) is 7.27. The first-order valence-electron chi connectivity index (χ1n) is 6.43. The fourth-order valence-electron chi connectivity index (χ4n) is 2.20. The van der Waals surface area contributed by atoms with Gasteiger partial charge in [0.2, 0.25) is 0 Å². The summed E-state index contributed by atoms with van der Waals surface area (Å²) >= 11 is 1.57. The Kier molecular flexibility index (Phi) is 5.97. The Morgan fingerprint density at radius 3 is 2.58 bits per heavy atom. The SMILES string of the molecule is CN(C)CC(C)(C)CNCc1ccc(CC(=O)O)s1. The van der Waals surface area contributed by atoms with Crippen molar-refractivity contribution < 1.29 is 9.90 Å². The highest BCUT2D eigenvalue weighted by atomic mass is 32.1. The van der Waals surface area contributed by atoms with E-state index in [4.69, 9.17) is 5.11 Å². The molecular weight excluding hydrogens is 260 g/mol.